The van der Waals surface area contributed by atoms with Gasteiger partial charge in [0.15, 0.2) is 11.0 Å². The highest BCUT2D eigenvalue weighted by atomic mass is 32.2. The zero-order valence-corrected chi connectivity index (χ0v) is 14.7. The van der Waals surface area contributed by atoms with Crippen LogP contribution in [0.15, 0.2) is 33.8 Å². The monoisotopic (exact) mass is 345 g/mol. The van der Waals surface area contributed by atoms with E-state index in [2.05, 4.69) is 31.9 Å². The minimum atomic E-state index is 0.567. The first-order chi connectivity index (χ1) is 11.8. The third kappa shape index (κ3) is 3.28. The van der Waals surface area contributed by atoms with Gasteiger partial charge in [-0.2, -0.15) is 0 Å². The van der Waals surface area contributed by atoms with Crippen molar-refractivity contribution < 1.29 is 9.15 Å². The van der Waals surface area contributed by atoms with Crippen molar-refractivity contribution in [2.24, 2.45) is 0 Å². The molecule has 24 heavy (non-hydrogen) atoms. The molecule has 0 unspecified atom stereocenters. The van der Waals surface area contributed by atoms with Crippen LogP contribution in [0.3, 0.4) is 0 Å². The fourth-order valence-corrected chi connectivity index (χ4v) is 3.16. The quantitative estimate of drug-likeness (QED) is 0.608. The molecule has 0 radical (unpaired) electrons. The van der Waals surface area contributed by atoms with Gasteiger partial charge >= 0.3 is 0 Å². The topological polar surface area (TPSA) is 78.9 Å². The van der Waals surface area contributed by atoms with E-state index in [0.29, 0.717) is 17.5 Å². The Morgan fingerprint density at radius 3 is 2.58 bits per heavy atom. The van der Waals surface area contributed by atoms with E-state index >= 15 is 0 Å². The van der Waals surface area contributed by atoms with Crippen LogP contribution in [0.4, 0.5) is 0 Å². The second kappa shape index (κ2) is 7.48. The van der Waals surface area contributed by atoms with Gasteiger partial charge in [0, 0.05) is 13.0 Å². The second-order valence-corrected chi connectivity index (χ2v) is 5.92. The summed E-state index contributed by atoms with van der Waals surface area (Å²) in [5, 5.41) is 17.5. The molecule has 7 nitrogen and oxygen atoms in total. The number of hydrogen-bond acceptors (Lipinski definition) is 7. The van der Waals surface area contributed by atoms with Crippen LogP contribution in [0, 0.1) is 0 Å². The number of methoxy groups -OCH3 is 1. The molecule has 0 amide bonds. The van der Waals surface area contributed by atoms with E-state index in [0.717, 1.165) is 35.3 Å². The summed E-state index contributed by atoms with van der Waals surface area (Å²) in [5.41, 5.74) is 0.923. The second-order valence-electron chi connectivity index (χ2n) is 4.98. The average molecular weight is 345 g/mol. The van der Waals surface area contributed by atoms with E-state index in [1.54, 1.807) is 7.11 Å². The van der Waals surface area contributed by atoms with Crippen LogP contribution in [0.25, 0.3) is 11.4 Å². The van der Waals surface area contributed by atoms with Gasteiger partial charge in [-0.05, 0) is 19.1 Å². The SMILES string of the molecule is CCc1nnc(CSc2nnc(-c3ccccc3OC)n2CC)o1. The third-order valence-corrected chi connectivity index (χ3v) is 4.47. The smallest absolute Gasteiger partial charge is 0.226 e. The molecule has 0 atom stereocenters. The van der Waals surface area contributed by atoms with Crippen molar-refractivity contribution in [3.63, 3.8) is 0 Å². The molecule has 8 heteroatoms. The molecule has 3 aromatic rings. The van der Waals surface area contributed by atoms with Gasteiger partial charge in [0.05, 0.1) is 18.4 Å². The molecule has 2 heterocycles. The van der Waals surface area contributed by atoms with E-state index in [9.17, 15) is 0 Å². The molecule has 0 aliphatic rings. The van der Waals surface area contributed by atoms with Crippen molar-refractivity contribution in [1.82, 2.24) is 25.0 Å². The summed E-state index contributed by atoms with van der Waals surface area (Å²) in [5.74, 6) is 3.38. The number of rotatable bonds is 7. The lowest BCUT2D eigenvalue weighted by molar-refractivity contribution is 0.416. The molecule has 0 spiro atoms. The average Bonchev–Trinajstić information content (AvgIpc) is 3.25. The zero-order chi connectivity index (χ0) is 16.9. The molecule has 0 bridgehead atoms. The number of para-hydroxylation sites is 1. The lowest BCUT2D eigenvalue weighted by atomic mass is 10.2. The van der Waals surface area contributed by atoms with Gasteiger partial charge in [-0.3, -0.25) is 0 Å². The molecule has 0 fully saturated rings. The summed E-state index contributed by atoms with van der Waals surface area (Å²) in [6.45, 7) is 4.80. The van der Waals surface area contributed by atoms with Gasteiger partial charge in [0.1, 0.15) is 5.75 Å². The van der Waals surface area contributed by atoms with Crippen molar-refractivity contribution in [3.8, 4) is 17.1 Å². The van der Waals surface area contributed by atoms with Crippen LogP contribution in [-0.4, -0.2) is 32.1 Å². The van der Waals surface area contributed by atoms with Crippen molar-refractivity contribution in [3.05, 3.63) is 36.0 Å². The first kappa shape index (κ1) is 16.5. The molecular weight excluding hydrogens is 326 g/mol. The number of thioether (sulfide) groups is 1. The standard InChI is InChI=1S/C16H19N5O2S/c1-4-13-17-18-14(23-13)10-24-16-20-19-15(21(16)5-2)11-8-6-7-9-12(11)22-3/h6-9H,4-5,10H2,1-3H3. The fraction of sp³-hybridized carbons (Fsp3) is 0.375. The summed E-state index contributed by atoms with van der Waals surface area (Å²) >= 11 is 1.53. The molecule has 0 aliphatic carbocycles. The maximum absolute atomic E-state index is 5.54. The number of benzene rings is 1. The Kier molecular flexibility index (Phi) is 5.14. The van der Waals surface area contributed by atoms with Crippen molar-refractivity contribution in [2.75, 3.05) is 7.11 Å². The minimum absolute atomic E-state index is 0.567. The highest BCUT2D eigenvalue weighted by Crippen LogP contribution is 2.31. The predicted octanol–water partition coefficient (Wildman–Crippen LogP) is 3.21. The summed E-state index contributed by atoms with van der Waals surface area (Å²) < 4.78 is 13.0. The normalized spacial score (nSPS) is 11.0. The van der Waals surface area contributed by atoms with E-state index in [1.165, 1.54) is 11.8 Å². The van der Waals surface area contributed by atoms with E-state index < -0.39 is 0 Å². The van der Waals surface area contributed by atoms with Crippen LogP contribution >= 0.6 is 11.8 Å². The Morgan fingerprint density at radius 2 is 1.88 bits per heavy atom. The van der Waals surface area contributed by atoms with Gasteiger partial charge in [0.25, 0.3) is 0 Å². The molecule has 0 saturated heterocycles. The lowest BCUT2D eigenvalue weighted by Crippen LogP contribution is -2.01. The van der Waals surface area contributed by atoms with Crippen LogP contribution < -0.4 is 4.74 Å². The highest BCUT2D eigenvalue weighted by Gasteiger charge is 2.17. The molecule has 0 saturated carbocycles. The molecule has 1 aromatic carbocycles. The van der Waals surface area contributed by atoms with Crippen LogP contribution in [0.2, 0.25) is 0 Å². The van der Waals surface area contributed by atoms with Crippen LogP contribution in [0.1, 0.15) is 25.6 Å². The van der Waals surface area contributed by atoms with Gasteiger partial charge in [-0.15, -0.1) is 20.4 Å². The van der Waals surface area contributed by atoms with Crippen LogP contribution in [-0.2, 0) is 18.7 Å². The Morgan fingerprint density at radius 1 is 1.08 bits per heavy atom. The summed E-state index contributed by atoms with van der Waals surface area (Å²) in [4.78, 5) is 0. The van der Waals surface area contributed by atoms with Gasteiger partial charge < -0.3 is 13.7 Å². The maximum atomic E-state index is 5.54. The zero-order valence-electron chi connectivity index (χ0n) is 13.9. The van der Waals surface area contributed by atoms with Gasteiger partial charge in [0.2, 0.25) is 11.8 Å². The molecular formula is C16H19N5O2S. The first-order valence-corrected chi connectivity index (χ1v) is 8.76. The lowest BCUT2D eigenvalue weighted by Gasteiger charge is -2.09. The van der Waals surface area contributed by atoms with E-state index in [-0.39, 0.29) is 0 Å². The largest absolute Gasteiger partial charge is 0.496 e. The molecule has 3 rings (SSSR count). The fourth-order valence-electron chi connectivity index (χ4n) is 2.32. The molecule has 0 aliphatic heterocycles. The molecule has 126 valence electrons. The highest BCUT2D eigenvalue weighted by molar-refractivity contribution is 7.98. The van der Waals surface area contributed by atoms with Crippen molar-refractivity contribution in [1.29, 1.82) is 0 Å². The first-order valence-electron chi connectivity index (χ1n) is 7.77. The minimum Gasteiger partial charge on any atom is -0.496 e. The third-order valence-electron chi connectivity index (χ3n) is 3.52. The van der Waals surface area contributed by atoms with Crippen molar-refractivity contribution in [2.45, 2.75) is 37.7 Å². The molecule has 2 aromatic heterocycles. The molecule has 0 N–H and O–H groups in total. The van der Waals surface area contributed by atoms with Crippen molar-refractivity contribution >= 4 is 11.8 Å². The number of aromatic nitrogens is 5. The summed E-state index contributed by atoms with van der Waals surface area (Å²) in [7, 11) is 1.65. The number of hydrogen-bond donors (Lipinski definition) is 0. The Bertz CT molecular complexity index is 814. The number of nitrogens with zero attached hydrogens (tertiary/aromatic N) is 5. The van der Waals surface area contributed by atoms with E-state index in [1.807, 2.05) is 31.2 Å². The Labute approximate surface area is 144 Å². The predicted molar refractivity (Wildman–Crippen MR) is 90.9 cm³/mol. The maximum Gasteiger partial charge on any atom is 0.226 e. The summed E-state index contributed by atoms with van der Waals surface area (Å²) in [6, 6.07) is 7.80. The van der Waals surface area contributed by atoms with Crippen LogP contribution in [0.5, 0.6) is 5.75 Å². The number of aryl methyl sites for hydroxylation is 1. The number of ether oxygens (including phenoxy) is 1. The Balaban J connectivity index is 1.84. The Hall–Kier alpha value is -2.35. The summed E-state index contributed by atoms with van der Waals surface area (Å²) in [6.07, 6.45) is 0.737. The van der Waals surface area contributed by atoms with E-state index in [4.69, 9.17) is 9.15 Å². The van der Waals surface area contributed by atoms with Gasteiger partial charge in [-0.25, -0.2) is 0 Å². The van der Waals surface area contributed by atoms with Gasteiger partial charge in [-0.1, -0.05) is 30.8 Å².